The molecule has 5 heteroatoms. The van der Waals surface area contributed by atoms with Crippen LogP contribution in [0.3, 0.4) is 0 Å². The number of rotatable bonds is 3. The second-order valence-electron chi connectivity index (χ2n) is 4.82. The van der Waals surface area contributed by atoms with Crippen molar-refractivity contribution < 1.29 is 15.1 Å². The number of benzene rings is 2. The van der Waals surface area contributed by atoms with Crippen molar-refractivity contribution in [3.8, 4) is 5.75 Å². The molecule has 3 rings (SSSR count). The van der Waals surface area contributed by atoms with E-state index in [1.165, 1.54) is 0 Å². The van der Waals surface area contributed by atoms with Gasteiger partial charge >= 0.3 is 0 Å². The van der Waals surface area contributed by atoms with E-state index in [1.54, 1.807) is 29.7 Å². The number of phenolic OH excluding ortho intramolecular Hbond substituents is 1. The molecule has 0 atom stereocenters. The van der Waals surface area contributed by atoms with Crippen LogP contribution in [0.15, 0.2) is 54.7 Å². The second-order valence-corrected chi connectivity index (χ2v) is 4.82. The van der Waals surface area contributed by atoms with E-state index in [2.05, 4.69) is 0 Å². The number of carbonyl (C=O) groups is 1. The van der Waals surface area contributed by atoms with Crippen molar-refractivity contribution in [2.45, 2.75) is 6.54 Å². The van der Waals surface area contributed by atoms with E-state index in [0.717, 1.165) is 16.5 Å². The summed E-state index contributed by atoms with van der Waals surface area (Å²) >= 11 is 0. The zero-order valence-electron chi connectivity index (χ0n) is 11.2. The van der Waals surface area contributed by atoms with Crippen LogP contribution in [-0.2, 0) is 6.54 Å². The van der Waals surface area contributed by atoms with Gasteiger partial charge in [-0.05, 0) is 41.3 Å². The Morgan fingerprint density at radius 3 is 2.57 bits per heavy atom. The van der Waals surface area contributed by atoms with E-state index < -0.39 is 5.91 Å². The van der Waals surface area contributed by atoms with Gasteiger partial charge in [-0.2, -0.15) is 0 Å². The minimum absolute atomic E-state index is 0.234. The lowest BCUT2D eigenvalue weighted by Gasteiger charge is -2.07. The molecule has 0 aliphatic heterocycles. The maximum Gasteiger partial charge on any atom is 0.274 e. The van der Waals surface area contributed by atoms with Crippen molar-refractivity contribution in [2.75, 3.05) is 0 Å². The fourth-order valence-corrected chi connectivity index (χ4v) is 2.33. The Morgan fingerprint density at radius 2 is 1.86 bits per heavy atom. The van der Waals surface area contributed by atoms with Gasteiger partial charge in [-0.25, -0.2) is 5.48 Å². The number of hydrogen-bond donors (Lipinski definition) is 3. The summed E-state index contributed by atoms with van der Waals surface area (Å²) in [5.74, 6) is -0.299. The lowest BCUT2D eigenvalue weighted by Crippen LogP contribution is -2.18. The number of hydrogen-bond acceptors (Lipinski definition) is 3. The van der Waals surface area contributed by atoms with Crippen LogP contribution in [0.5, 0.6) is 5.75 Å². The first-order valence-corrected chi connectivity index (χ1v) is 6.48. The van der Waals surface area contributed by atoms with E-state index in [9.17, 15) is 9.90 Å². The predicted molar refractivity (Wildman–Crippen MR) is 78.4 cm³/mol. The Labute approximate surface area is 121 Å². The highest BCUT2D eigenvalue weighted by Crippen LogP contribution is 2.20. The Hall–Kier alpha value is -2.79. The molecule has 0 aliphatic carbocycles. The van der Waals surface area contributed by atoms with E-state index in [-0.39, 0.29) is 5.75 Å². The molecule has 1 amide bonds. The number of amides is 1. The number of hydroxylamine groups is 1. The summed E-state index contributed by atoms with van der Waals surface area (Å²) in [7, 11) is 0. The summed E-state index contributed by atoms with van der Waals surface area (Å²) < 4.78 is 2.01. The normalized spacial score (nSPS) is 10.7. The molecule has 0 saturated carbocycles. The van der Waals surface area contributed by atoms with Gasteiger partial charge in [-0.3, -0.25) is 10.0 Å². The number of carbonyl (C=O) groups excluding carboxylic acids is 1. The van der Waals surface area contributed by atoms with E-state index in [1.807, 2.05) is 35.0 Å². The lowest BCUT2D eigenvalue weighted by atomic mass is 10.1. The summed E-state index contributed by atoms with van der Waals surface area (Å²) in [5, 5.41) is 19.0. The van der Waals surface area contributed by atoms with Gasteiger partial charge in [0.25, 0.3) is 5.91 Å². The molecule has 0 radical (unpaired) electrons. The third-order valence-electron chi connectivity index (χ3n) is 3.43. The molecule has 106 valence electrons. The molecule has 0 spiro atoms. The summed E-state index contributed by atoms with van der Waals surface area (Å²) in [6.07, 6.45) is 1.94. The Morgan fingerprint density at radius 1 is 1.10 bits per heavy atom. The molecule has 3 aromatic rings. The van der Waals surface area contributed by atoms with Crippen LogP contribution in [0, 0.1) is 0 Å². The Kier molecular flexibility index (Phi) is 3.33. The molecular weight excluding hydrogens is 268 g/mol. The van der Waals surface area contributed by atoms with Crippen molar-refractivity contribution in [1.29, 1.82) is 0 Å². The molecule has 1 aromatic heterocycles. The van der Waals surface area contributed by atoms with Crippen LogP contribution in [0.2, 0.25) is 0 Å². The third-order valence-corrected chi connectivity index (χ3v) is 3.43. The van der Waals surface area contributed by atoms with Crippen LogP contribution in [0.25, 0.3) is 10.9 Å². The molecule has 2 aromatic carbocycles. The minimum Gasteiger partial charge on any atom is -0.508 e. The number of nitrogens with zero attached hydrogens (tertiary/aromatic N) is 1. The summed E-state index contributed by atoms with van der Waals surface area (Å²) in [6, 6.07) is 14.2. The average molecular weight is 282 g/mol. The maximum atomic E-state index is 11.5. The molecule has 5 nitrogen and oxygen atoms in total. The summed E-state index contributed by atoms with van der Waals surface area (Å²) in [5.41, 5.74) is 3.99. The predicted octanol–water partition coefficient (Wildman–Crippen LogP) is 2.51. The second kappa shape index (κ2) is 5.30. The van der Waals surface area contributed by atoms with Crippen molar-refractivity contribution in [3.63, 3.8) is 0 Å². The molecule has 0 aliphatic rings. The minimum atomic E-state index is -0.533. The maximum absolute atomic E-state index is 11.5. The zero-order valence-corrected chi connectivity index (χ0v) is 11.2. The van der Waals surface area contributed by atoms with Gasteiger partial charge in [0.15, 0.2) is 0 Å². The highest BCUT2D eigenvalue weighted by molar-refractivity contribution is 5.97. The van der Waals surface area contributed by atoms with Crippen molar-refractivity contribution in [1.82, 2.24) is 10.0 Å². The smallest absolute Gasteiger partial charge is 0.274 e. The SMILES string of the molecule is O=C(NO)c1ccc2ccn(Cc3ccc(O)cc3)c2c1. The number of phenols is 1. The molecule has 1 heterocycles. The molecular formula is C16H14N2O3. The van der Waals surface area contributed by atoms with Gasteiger partial charge in [0.2, 0.25) is 0 Å². The average Bonchev–Trinajstić information content (AvgIpc) is 2.91. The molecule has 0 fully saturated rings. The van der Waals surface area contributed by atoms with Crippen molar-refractivity contribution >= 4 is 16.8 Å². The van der Waals surface area contributed by atoms with E-state index in [4.69, 9.17) is 5.21 Å². The van der Waals surface area contributed by atoms with Crippen LogP contribution in [0.1, 0.15) is 15.9 Å². The zero-order chi connectivity index (χ0) is 14.8. The van der Waals surface area contributed by atoms with Gasteiger partial charge in [-0.15, -0.1) is 0 Å². The number of aromatic nitrogens is 1. The monoisotopic (exact) mass is 282 g/mol. The van der Waals surface area contributed by atoms with Crippen LogP contribution in [0.4, 0.5) is 0 Å². The van der Waals surface area contributed by atoms with Gasteiger partial charge < -0.3 is 9.67 Å². The first-order valence-electron chi connectivity index (χ1n) is 6.48. The first kappa shape index (κ1) is 13.2. The molecule has 21 heavy (non-hydrogen) atoms. The first-order chi connectivity index (χ1) is 10.2. The van der Waals surface area contributed by atoms with Crippen LogP contribution < -0.4 is 5.48 Å². The van der Waals surface area contributed by atoms with E-state index >= 15 is 0 Å². The van der Waals surface area contributed by atoms with Gasteiger partial charge in [0.05, 0.1) is 0 Å². The quantitative estimate of drug-likeness (QED) is 0.510. The lowest BCUT2D eigenvalue weighted by molar-refractivity contribution is 0.0706. The van der Waals surface area contributed by atoms with Gasteiger partial charge in [-0.1, -0.05) is 18.2 Å². The number of fused-ring (bicyclic) bond motifs is 1. The molecule has 0 bridgehead atoms. The van der Waals surface area contributed by atoms with Gasteiger partial charge in [0, 0.05) is 23.8 Å². The largest absolute Gasteiger partial charge is 0.508 e. The fourth-order valence-electron chi connectivity index (χ4n) is 2.33. The Balaban J connectivity index is 1.98. The van der Waals surface area contributed by atoms with Crippen molar-refractivity contribution in [2.24, 2.45) is 0 Å². The summed E-state index contributed by atoms with van der Waals surface area (Å²) in [6.45, 7) is 0.633. The van der Waals surface area contributed by atoms with E-state index in [0.29, 0.717) is 12.1 Å². The van der Waals surface area contributed by atoms with Crippen molar-refractivity contribution in [3.05, 3.63) is 65.9 Å². The highest BCUT2D eigenvalue weighted by atomic mass is 16.5. The number of nitrogens with one attached hydrogen (secondary N) is 1. The topological polar surface area (TPSA) is 74.5 Å². The molecule has 0 saturated heterocycles. The standard InChI is InChI=1S/C16H14N2O3/c19-14-5-1-11(2-6-14)10-18-8-7-12-3-4-13(9-15(12)18)16(20)17-21/h1-9,19,21H,10H2,(H,17,20). The number of aromatic hydroxyl groups is 1. The van der Waals surface area contributed by atoms with Crippen LogP contribution in [-0.4, -0.2) is 20.8 Å². The Bertz CT molecular complexity index is 791. The fraction of sp³-hybridized carbons (Fsp3) is 0.0625. The van der Waals surface area contributed by atoms with Gasteiger partial charge in [0.1, 0.15) is 5.75 Å². The molecule has 3 N–H and O–H groups in total. The summed E-state index contributed by atoms with van der Waals surface area (Å²) in [4.78, 5) is 11.5. The van der Waals surface area contributed by atoms with Crippen LogP contribution >= 0.6 is 0 Å². The third kappa shape index (κ3) is 2.59. The molecule has 0 unspecified atom stereocenters. The highest BCUT2D eigenvalue weighted by Gasteiger charge is 2.08.